The second-order valence-electron chi connectivity index (χ2n) is 4.53. The van der Waals surface area contributed by atoms with E-state index in [0.717, 1.165) is 17.0 Å². The second kappa shape index (κ2) is 6.05. The number of ether oxygens (including phenoxy) is 1. The lowest BCUT2D eigenvalue weighted by atomic mass is 10.2. The maximum Gasteiger partial charge on any atom is 0.244 e. The van der Waals surface area contributed by atoms with Gasteiger partial charge in [-0.25, -0.2) is 13.1 Å². The number of nitrogens with one attached hydrogen (secondary N) is 2. The Morgan fingerprint density at radius 1 is 1.38 bits per heavy atom. The first kappa shape index (κ1) is 15.8. The summed E-state index contributed by atoms with van der Waals surface area (Å²) in [6, 6.07) is 4.45. The molecule has 2 rings (SSSR count). The number of aromatic amines is 1. The van der Waals surface area contributed by atoms with Crippen LogP contribution in [-0.4, -0.2) is 25.7 Å². The second-order valence-corrected chi connectivity index (χ2v) is 6.70. The third-order valence-corrected chi connectivity index (χ3v) is 4.79. The van der Waals surface area contributed by atoms with E-state index in [1.807, 2.05) is 13.8 Å². The standard InChI is InChI=1S/C13H16ClN3O3S/c1-8-11(9(2)17-16-8)7-15-21(18,19)13-6-10(14)4-5-12(13)20-3/h4-6,15H,7H2,1-3H3,(H,16,17). The number of halogens is 1. The number of benzene rings is 1. The van der Waals surface area contributed by atoms with E-state index < -0.39 is 10.0 Å². The predicted octanol–water partition coefficient (Wildman–Crippen LogP) is 2.17. The highest BCUT2D eigenvalue weighted by molar-refractivity contribution is 7.89. The van der Waals surface area contributed by atoms with Gasteiger partial charge in [-0.2, -0.15) is 5.10 Å². The number of aryl methyl sites for hydroxylation is 2. The topological polar surface area (TPSA) is 84.1 Å². The fraction of sp³-hybridized carbons (Fsp3) is 0.308. The van der Waals surface area contributed by atoms with Crippen molar-refractivity contribution in [2.75, 3.05) is 7.11 Å². The first-order valence-electron chi connectivity index (χ1n) is 6.19. The molecule has 6 nitrogen and oxygen atoms in total. The summed E-state index contributed by atoms with van der Waals surface area (Å²) in [4.78, 5) is 0.0105. The summed E-state index contributed by atoms with van der Waals surface area (Å²) in [5.41, 5.74) is 2.40. The Morgan fingerprint density at radius 2 is 2.10 bits per heavy atom. The molecule has 0 atom stereocenters. The largest absolute Gasteiger partial charge is 0.495 e. The zero-order valence-corrected chi connectivity index (χ0v) is 13.5. The average Bonchev–Trinajstić information content (AvgIpc) is 2.76. The molecule has 0 fully saturated rings. The smallest absolute Gasteiger partial charge is 0.244 e. The average molecular weight is 330 g/mol. The van der Waals surface area contributed by atoms with Gasteiger partial charge in [-0.3, -0.25) is 5.10 Å². The number of aromatic nitrogens is 2. The predicted molar refractivity (Wildman–Crippen MR) is 80.1 cm³/mol. The van der Waals surface area contributed by atoms with Gasteiger partial charge in [0.2, 0.25) is 10.0 Å². The van der Waals surface area contributed by atoms with Crippen molar-refractivity contribution in [3.8, 4) is 5.75 Å². The van der Waals surface area contributed by atoms with E-state index in [1.165, 1.54) is 19.2 Å². The van der Waals surface area contributed by atoms with Gasteiger partial charge in [-0.15, -0.1) is 0 Å². The molecule has 0 unspecified atom stereocenters. The van der Waals surface area contributed by atoms with Crippen molar-refractivity contribution < 1.29 is 13.2 Å². The number of sulfonamides is 1. The molecule has 1 aromatic carbocycles. The van der Waals surface area contributed by atoms with Crippen molar-refractivity contribution >= 4 is 21.6 Å². The Balaban J connectivity index is 2.29. The fourth-order valence-electron chi connectivity index (χ4n) is 1.94. The number of hydrogen-bond acceptors (Lipinski definition) is 4. The van der Waals surface area contributed by atoms with Gasteiger partial charge in [0, 0.05) is 22.8 Å². The molecule has 0 saturated carbocycles. The van der Waals surface area contributed by atoms with Gasteiger partial charge in [0.1, 0.15) is 10.6 Å². The van der Waals surface area contributed by atoms with E-state index >= 15 is 0 Å². The van der Waals surface area contributed by atoms with E-state index in [9.17, 15) is 8.42 Å². The van der Waals surface area contributed by atoms with E-state index in [0.29, 0.717) is 5.02 Å². The first-order chi connectivity index (χ1) is 9.85. The number of hydrogen-bond donors (Lipinski definition) is 2. The van der Waals surface area contributed by atoms with E-state index in [-0.39, 0.29) is 17.2 Å². The molecule has 0 aliphatic rings. The lowest BCUT2D eigenvalue weighted by molar-refractivity contribution is 0.402. The molecule has 114 valence electrons. The Kier molecular flexibility index (Phi) is 4.55. The maximum atomic E-state index is 12.4. The van der Waals surface area contributed by atoms with Gasteiger partial charge in [0.25, 0.3) is 0 Å². The molecule has 2 N–H and O–H groups in total. The minimum absolute atomic E-state index is 0.0105. The van der Waals surface area contributed by atoms with E-state index in [2.05, 4.69) is 14.9 Å². The Bertz CT molecular complexity index is 737. The summed E-state index contributed by atoms with van der Waals surface area (Å²) in [6.07, 6.45) is 0. The van der Waals surface area contributed by atoms with Crippen LogP contribution in [0.1, 0.15) is 17.0 Å². The van der Waals surface area contributed by atoms with Gasteiger partial charge >= 0.3 is 0 Å². The lowest BCUT2D eigenvalue weighted by Gasteiger charge is -2.11. The van der Waals surface area contributed by atoms with Crippen LogP contribution in [0.5, 0.6) is 5.75 Å². The van der Waals surface area contributed by atoms with Crippen molar-refractivity contribution in [2.24, 2.45) is 0 Å². The first-order valence-corrected chi connectivity index (χ1v) is 8.05. The van der Waals surface area contributed by atoms with Crippen LogP contribution in [-0.2, 0) is 16.6 Å². The Labute approximate surface area is 128 Å². The maximum absolute atomic E-state index is 12.4. The molecule has 0 bridgehead atoms. The summed E-state index contributed by atoms with van der Waals surface area (Å²) in [5.74, 6) is 0.243. The number of rotatable bonds is 5. The highest BCUT2D eigenvalue weighted by atomic mass is 35.5. The van der Waals surface area contributed by atoms with Gasteiger partial charge in [0.05, 0.1) is 12.8 Å². The third kappa shape index (κ3) is 3.37. The molecular formula is C13H16ClN3O3S. The van der Waals surface area contributed by atoms with Gasteiger partial charge in [-0.1, -0.05) is 11.6 Å². The number of nitrogens with zero attached hydrogens (tertiary/aromatic N) is 1. The van der Waals surface area contributed by atoms with E-state index in [1.54, 1.807) is 6.07 Å². The summed E-state index contributed by atoms with van der Waals surface area (Å²) in [7, 11) is -2.33. The van der Waals surface area contributed by atoms with Gasteiger partial charge in [-0.05, 0) is 32.0 Å². The molecular weight excluding hydrogens is 314 g/mol. The van der Waals surface area contributed by atoms with Crippen LogP contribution in [0.3, 0.4) is 0 Å². The molecule has 0 spiro atoms. The molecule has 0 saturated heterocycles. The molecule has 21 heavy (non-hydrogen) atoms. The quantitative estimate of drug-likeness (QED) is 0.880. The molecule has 0 aliphatic carbocycles. The highest BCUT2D eigenvalue weighted by Gasteiger charge is 2.20. The highest BCUT2D eigenvalue weighted by Crippen LogP contribution is 2.27. The zero-order valence-electron chi connectivity index (χ0n) is 11.9. The molecule has 1 aromatic heterocycles. The van der Waals surface area contributed by atoms with Crippen LogP contribution >= 0.6 is 11.6 Å². The minimum atomic E-state index is -3.74. The van der Waals surface area contributed by atoms with Gasteiger partial charge < -0.3 is 4.74 Å². The molecule has 2 aromatic rings. The molecule has 0 aliphatic heterocycles. The van der Waals surface area contributed by atoms with Crippen molar-refractivity contribution in [1.82, 2.24) is 14.9 Å². The number of methoxy groups -OCH3 is 1. The Morgan fingerprint density at radius 3 is 2.67 bits per heavy atom. The summed E-state index contributed by atoms with van der Waals surface area (Å²) in [6.45, 7) is 3.79. The van der Waals surface area contributed by atoms with Crippen molar-refractivity contribution in [1.29, 1.82) is 0 Å². The van der Waals surface area contributed by atoms with Crippen molar-refractivity contribution in [3.05, 3.63) is 40.2 Å². The number of H-pyrrole nitrogens is 1. The van der Waals surface area contributed by atoms with Crippen LogP contribution in [0.2, 0.25) is 5.02 Å². The van der Waals surface area contributed by atoms with Crippen LogP contribution in [0.25, 0.3) is 0 Å². The van der Waals surface area contributed by atoms with Crippen molar-refractivity contribution in [3.63, 3.8) is 0 Å². The summed E-state index contributed by atoms with van der Waals surface area (Å²) >= 11 is 5.87. The SMILES string of the molecule is COc1ccc(Cl)cc1S(=O)(=O)NCc1c(C)n[nH]c1C. The molecule has 1 heterocycles. The lowest BCUT2D eigenvalue weighted by Crippen LogP contribution is -2.24. The monoisotopic (exact) mass is 329 g/mol. The zero-order chi connectivity index (χ0) is 15.6. The fourth-order valence-corrected chi connectivity index (χ4v) is 3.36. The van der Waals surface area contributed by atoms with Crippen LogP contribution < -0.4 is 9.46 Å². The molecule has 8 heteroatoms. The van der Waals surface area contributed by atoms with E-state index in [4.69, 9.17) is 16.3 Å². The van der Waals surface area contributed by atoms with Crippen LogP contribution in [0.15, 0.2) is 23.1 Å². The van der Waals surface area contributed by atoms with Gasteiger partial charge in [0.15, 0.2) is 0 Å². The molecule has 0 radical (unpaired) electrons. The summed E-state index contributed by atoms with van der Waals surface area (Å²) < 4.78 is 32.4. The molecule has 0 amide bonds. The normalized spacial score (nSPS) is 11.6. The minimum Gasteiger partial charge on any atom is -0.495 e. The third-order valence-electron chi connectivity index (χ3n) is 3.13. The van der Waals surface area contributed by atoms with Crippen LogP contribution in [0, 0.1) is 13.8 Å². The Hall–Kier alpha value is -1.57. The van der Waals surface area contributed by atoms with Crippen LogP contribution in [0.4, 0.5) is 0 Å². The van der Waals surface area contributed by atoms with Crippen molar-refractivity contribution in [2.45, 2.75) is 25.3 Å². The summed E-state index contributed by atoms with van der Waals surface area (Å²) in [5, 5.41) is 7.17.